The first kappa shape index (κ1) is 16.9. The lowest BCUT2D eigenvalue weighted by Gasteiger charge is -2.60. The Labute approximate surface area is 146 Å². The molecule has 0 heterocycles. The second kappa shape index (κ2) is 6.00. The third kappa shape index (κ3) is 2.53. The van der Waals surface area contributed by atoms with E-state index in [0.29, 0.717) is 12.0 Å². The molecule has 0 bridgehead atoms. The van der Waals surface area contributed by atoms with Crippen LogP contribution < -0.4 is 0 Å². The first-order valence-corrected chi connectivity index (χ1v) is 10.3. The van der Waals surface area contributed by atoms with Crippen molar-refractivity contribution in [3.05, 3.63) is 0 Å². The molecule has 1 unspecified atom stereocenters. The van der Waals surface area contributed by atoms with E-state index < -0.39 is 0 Å². The van der Waals surface area contributed by atoms with Crippen LogP contribution in [-0.2, 0) is 9.53 Å². The summed E-state index contributed by atoms with van der Waals surface area (Å²) in [6.07, 6.45) is 12.3. The Bertz CT molecular complexity index is 503. The van der Waals surface area contributed by atoms with E-state index in [9.17, 15) is 9.90 Å². The predicted molar refractivity (Wildman–Crippen MR) is 93.3 cm³/mol. The number of hydrogen-bond donors (Lipinski definition) is 1. The lowest BCUT2D eigenvalue weighted by Crippen LogP contribution is -2.54. The van der Waals surface area contributed by atoms with Crippen LogP contribution in [0.1, 0.15) is 78.1 Å². The molecule has 0 saturated heterocycles. The predicted octanol–water partition coefficient (Wildman–Crippen LogP) is 4.32. The second-order valence-corrected chi connectivity index (χ2v) is 9.66. The van der Waals surface area contributed by atoms with Crippen LogP contribution >= 0.6 is 0 Å². The lowest BCUT2D eigenvalue weighted by atomic mass is 9.45. The van der Waals surface area contributed by atoms with Gasteiger partial charge in [-0.1, -0.05) is 13.3 Å². The van der Waals surface area contributed by atoms with E-state index in [2.05, 4.69) is 6.92 Å². The van der Waals surface area contributed by atoms with Gasteiger partial charge in [0.05, 0.1) is 12.7 Å². The molecule has 24 heavy (non-hydrogen) atoms. The lowest BCUT2D eigenvalue weighted by molar-refractivity contribution is -0.156. The summed E-state index contributed by atoms with van der Waals surface area (Å²) in [4.78, 5) is 11.4. The SMILES string of the molecule is CC(=O)OC[C@@]12CCC[C@@H]1[C@@H]1CCC3C[C@@H](O)CC[C@]3(C)[C@H]1CC2. The Morgan fingerprint density at radius 1 is 1.08 bits per heavy atom. The summed E-state index contributed by atoms with van der Waals surface area (Å²) in [6, 6.07) is 0. The molecule has 0 aliphatic heterocycles. The molecule has 0 spiro atoms. The second-order valence-electron chi connectivity index (χ2n) is 9.66. The van der Waals surface area contributed by atoms with Gasteiger partial charge in [-0.05, 0) is 86.9 Å². The van der Waals surface area contributed by atoms with Crippen molar-refractivity contribution in [1.82, 2.24) is 0 Å². The van der Waals surface area contributed by atoms with Gasteiger partial charge in [-0.2, -0.15) is 0 Å². The van der Waals surface area contributed by atoms with Gasteiger partial charge < -0.3 is 9.84 Å². The molecule has 0 amide bonds. The number of hydrogen-bond acceptors (Lipinski definition) is 3. The average molecular weight is 335 g/mol. The molecular weight excluding hydrogens is 300 g/mol. The Balaban J connectivity index is 1.56. The van der Waals surface area contributed by atoms with Gasteiger partial charge in [-0.3, -0.25) is 4.79 Å². The quantitative estimate of drug-likeness (QED) is 0.765. The fourth-order valence-corrected chi connectivity index (χ4v) is 7.53. The minimum atomic E-state index is -0.117. The van der Waals surface area contributed by atoms with Crippen LogP contribution in [0.3, 0.4) is 0 Å². The minimum absolute atomic E-state index is 0.0576. The molecule has 4 rings (SSSR count). The van der Waals surface area contributed by atoms with Gasteiger partial charge >= 0.3 is 5.97 Å². The molecular formula is C21H34O3. The average Bonchev–Trinajstić information content (AvgIpc) is 2.98. The van der Waals surface area contributed by atoms with Gasteiger partial charge in [0.1, 0.15) is 0 Å². The summed E-state index contributed by atoms with van der Waals surface area (Å²) in [5.74, 6) is 3.03. The summed E-state index contributed by atoms with van der Waals surface area (Å²) in [5.41, 5.74) is 0.725. The summed E-state index contributed by atoms with van der Waals surface area (Å²) >= 11 is 0. The topological polar surface area (TPSA) is 46.5 Å². The Hall–Kier alpha value is -0.570. The number of carbonyl (C=O) groups is 1. The molecule has 136 valence electrons. The van der Waals surface area contributed by atoms with Crippen molar-refractivity contribution in [3.8, 4) is 0 Å². The summed E-state index contributed by atoms with van der Waals surface area (Å²) in [7, 11) is 0. The molecule has 3 heteroatoms. The van der Waals surface area contributed by atoms with E-state index in [1.54, 1.807) is 6.92 Å². The van der Waals surface area contributed by atoms with Crippen LogP contribution in [0.2, 0.25) is 0 Å². The van der Waals surface area contributed by atoms with Crippen molar-refractivity contribution in [3.63, 3.8) is 0 Å². The highest BCUT2D eigenvalue weighted by Gasteiger charge is 2.59. The van der Waals surface area contributed by atoms with Gasteiger partial charge in [0.15, 0.2) is 0 Å². The third-order valence-electron chi connectivity index (χ3n) is 8.73. The standard InChI is InChI=1S/C21H34O3/c1-14(22)24-13-21-9-3-4-19(21)17-6-5-15-12-16(23)7-10-20(15,2)18(17)8-11-21/h15-19,23H,3-13H2,1-2H3/t15?,16-,17+,18-,19+,20-,21-/m0/s1. The van der Waals surface area contributed by atoms with E-state index in [1.165, 1.54) is 51.4 Å². The van der Waals surface area contributed by atoms with Crippen LogP contribution in [0, 0.1) is 34.5 Å². The van der Waals surface area contributed by atoms with Crippen molar-refractivity contribution < 1.29 is 14.6 Å². The minimum Gasteiger partial charge on any atom is -0.465 e. The largest absolute Gasteiger partial charge is 0.465 e. The molecule has 0 aromatic carbocycles. The van der Waals surface area contributed by atoms with Crippen molar-refractivity contribution in [2.75, 3.05) is 6.61 Å². The maximum atomic E-state index is 11.4. The third-order valence-corrected chi connectivity index (χ3v) is 8.73. The van der Waals surface area contributed by atoms with Crippen molar-refractivity contribution in [2.45, 2.75) is 84.2 Å². The highest BCUT2D eigenvalue weighted by atomic mass is 16.5. The van der Waals surface area contributed by atoms with Crippen LogP contribution in [0.25, 0.3) is 0 Å². The van der Waals surface area contributed by atoms with Crippen molar-refractivity contribution in [1.29, 1.82) is 0 Å². The normalized spacial score (nSPS) is 50.5. The van der Waals surface area contributed by atoms with E-state index in [1.807, 2.05) is 0 Å². The number of aliphatic hydroxyl groups is 1. The van der Waals surface area contributed by atoms with Crippen molar-refractivity contribution in [2.24, 2.45) is 34.5 Å². The summed E-state index contributed by atoms with van der Waals surface area (Å²) < 4.78 is 5.54. The van der Waals surface area contributed by atoms with Gasteiger partial charge in [-0.25, -0.2) is 0 Å². The van der Waals surface area contributed by atoms with Crippen LogP contribution in [-0.4, -0.2) is 23.8 Å². The number of rotatable bonds is 2. The zero-order valence-corrected chi connectivity index (χ0v) is 15.4. The fourth-order valence-electron chi connectivity index (χ4n) is 7.53. The number of ether oxygens (including phenoxy) is 1. The molecule has 0 aromatic heterocycles. The van der Waals surface area contributed by atoms with Crippen LogP contribution in [0.5, 0.6) is 0 Å². The van der Waals surface area contributed by atoms with Gasteiger partial charge in [-0.15, -0.1) is 0 Å². The number of carbonyl (C=O) groups excluding carboxylic acids is 1. The smallest absolute Gasteiger partial charge is 0.302 e. The molecule has 4 aliphatic rings. The van der Waals surface area contributed by atoms with Gasteiger partial charge in [0.25, 0.3) is 0 Å². The zero-order valence-electron chi connectivity index (χ0n) is 15.4. The molecule has 4 fully saturated rings. The van der Waals surface area contributed by atoms with Gasteiger partial charge in [0, 0.05) is 12.3 Å². The van der Waals surface area contributed by atoms with E-state index in [-0.39, 0.29) is 17.5 Å². The molecule has 7 atom stereocenters. The number of fused-ring (bicyclic) bond motifs is 5. The molecule has 1 N–H and O–H groups in total. The van der Waals surface area contributed by atoms with Crippen LogP contribution in [0.4, 0.5) is 0 Å². The van der Waals surface area contributed by atoms with Gasteiger partial charge in [0.2, 0.25) is 0 Å². The van der Waals surface area contributed by atoms with Crippen molar-refractivity contribution >= 4 is 5.97 Å². The molecule has 3 nitrogen and oxygen atoms in total. The maximum absolute atomic E-state index is 11.4. The fraction of sp³-hybridized carbons (Fsp3) is 0.952. The maximum Gasteiger partial charge on any atom is 0.302 e. The Kier molecular flexibility index (Phi) is 4.22. The van der Waals surface area contributed by atoms with E-state index in [4.69, 9.17) is 4.74 Å². The highest BCUT2D eigenvalue weighted by Crippen LogP contribution is 2.66. The highest BCUT2D eigenvalue weighted by molar-refractivity contribution is 5.65. The molecule has 4 saturated carbocycles. The zero-order chi connectivity index (χ0) is 16.9. The number of esters is 1. The molecule has 0 aromatic rings. The first-order valence-electron chi connectivity index (χ1n) is 10.3. The Morgan fingerprint density at radius 2 is 1.92 bits per heavy atom. The Morgan fingerprint density at radius 3 is 2.71 bits per heavy atom. The molecule has 0 radical (unpaired) electrons. The van der Waals surface area contributed by atoms with E-state index in [0.717, 1.165) is 36.5 Å². The van der Waals surface area contributed by atoms with E-state index >= 15 is 0 Å². The summed E-state index contributed by atoms with van der Waals surface area (Å²) in [6.45, 7) is 4.75. The number of aliphatic hydroxyl groups excluding tert-OH is 1. The summed E-state index contributed by atoms with van der Waals surface area (Å²) in [5, 5.41) is 10.1. The first-order chi connectivity index (χ1) is 11.4. The van der Waals surface area contributed by atoms with Crippen LogP contribution in [0.15, 0.2) is 0 Å². The monoisotopic (exact) mass is 334 g/mol. The molecule has 4 aliphatic carbocycles.